The second-order valence-electron chi connectivity index (χ2n) is 5.75. The van der Waals surface area contributed by atoms with Crippen LogP contribution in [-0.2, 0) is 21.4 Å². The van der Waals surface area contributed by atoms with E-state index in [2.05, 4.69) is 15.1 Å². The van der Waals surface area contributed by atoms with Gasteiger partial charge in [-0.05, 0) is 51.1 Å². The number of carbonyl (C=O) groups is 1. The van der Waals surface area contributed by atoms with Crippen LogP contribution in [0.2, 0.25) is 0 Å². The molecule has 1 amide bonds. The number of hydrogen-bond donors (Lipinski definition) is 2. The fourth-order valence-electron chi connectivity index (χ4n) is 2.59. The van der Waals surface area contributed by atoms with Gasteiger partial charge in [-0.1, -0.05) is 6.92 Å². The minimum absolute atomic E-state index is 0.158. The number of amides is 1. The molecule has 140 valence electrons. The van der Waals surface area contributed by atoms with Crippen molar-refractivity contribution < 1.29 is 13.2 Å². The molecule has 0 aliphatic rings. The van der Waals surface area contributed by atoms with E-state index in [0.29, 0.717) is 12.2 Å². The van der Waals surface area contributed by atoms with Crippen molar-refractivity contribution in [2.24, 2.45) is 0 Å². The van der Waals surface area contributed by atoms with Crippen molar-refractivity contribution in [2.75, 3.05) is 11.9 Å². The minimum atomic E-state index is -3.50. The van der Waals surface area contributed by atoms with Crippen LogP contribution in [0.5, 0.6) is 0 Å². The maximum atomic E-state index is 12.1. The van der Waals surface area contributed by atoms with Crippen LogP contribution in [0.15, 0.2) is 35.2 Å². The highest BCUT2D eigenvalue weighted by atomic mass is 32.2. The number of nitrogens with one attached hydrogen (secondary N) is 2. The molecule has 1 aromatic heterocycles. The molecular weight excluding hydrogens is 352 g/mol. The van der Waals surface area contributed by atoms with E-state index < -0.39 is 10.0 Å². The van der Waals surface area contributed by atoms with Gasteiger partial charge in [0.2, 0.25) is 15.9 Å². The monoisotopic (exact) mass is 376 g/mol. The van der Waals surface area contributed by atoms with E-state index >= 15 is 0 Å². The van der Waals surface area contributed by atoms with Gasteiger partial charge in [0.1, 0.15) is 0 Å². The number of benzene rings is 1. The zero-order valence-corrected chi connectivity index (χ0v) is 16.2. The molecule has 0 saturated heterocycles. The van der Waals surface area contributed by atoms with Crippen molar-refractivity contribution in [3.8, 4) is 0 Å². The van der Waals surface area contributed by atoms with E-state index in [-0.39, 0.29) is 10.8 Å². The maximum absolute atomic E-state index is 12.1. The summed E-state index contributed by atoms with van der Waals surface area (Å²) in [5.41, 5.74) is 3.32. The molecule has 0 radical (unpaired) electrons. The number of aryl methyl sites for hydroxylation is 2. The van der Waals surface area contributed by atoms with Gasteiger partial charge >= 0.3 is 0 Å². The zero-order valence-electron chi connectivity index (χ0n) is 15.4. The molecule has 0 fully saturated rings. The standard InChI is InChI=1S/C18H24N4O3S/c1-5-19-26(24,25)16-9-7-15(8-10-16)20-18(23)12-11-17-13(3)21-22(6-2)14(17)4/h7-12,19H,5-6H2,1-4H3,(H,20,23). The number of rotatable bonds is 7. The minimum Gasteiger partial charge on any atom is -0.323 e. The number of aromatic nitrogens is 2. The summed E-state index contributed by atoms with van der Waals surface area (Å²) in [6, 6.07) is 6.02. The Bertz CT molecular complexity index is 913. The SMILES string of the molecule is CCNS(=O)(=O)c1ccc(NC(=O)C=Cc2c(C)nn(CC)c2C)cc1. The second-order valence-corrected chi connectivity index (χ2v) is 7.52. The first kappa shape index (κ1) is 19.9. The van der Waals surface area contributed by atoms with Gasteiger partial charge < -0.3 is 5.32 Å². The van der Waals surface area contributed by atoms with E-state index in [0.717, 1.165) is 23.5 Å². The quantitative estimate of drug-likeness (QED) is 0.726. The Morgan fingerprint density at radius 3 is 2.38 bits per heavy atom. The number of anilines is 1. The lowest BCUT2D eigenvalue weighted by atomic mass is 10.2. The molecule has 7 nitrogen and oxygen atoms in total. The average Bonchev–Trinajstić information content (AvgIpc) is 2.87. The number of hydrogen-bond acceptors (Lipinski definition) is 4. The first-order chi connectivity index (χ1) is 12.3. The van der Waals surface area contributed by atoms with E-state index in [1.165, 1.54) is 18.2 Å². The first-order valence-electron chi connectivity index (χ1n) is 8.41. The Kier molecular flexibility index (Phi) is 6.33. The Hall–Kier alpha value is -2.45. The lowest BCUT2D eigenvalue weighted by molar-refractivity contribution is -0.111. The lowest BCUT2D eigenvalue weighted by Gasteiger charge is -2.06. The normalized spacial score (nSPS) is 11.8. The van der Waals surface area contributed by atoms with E-state index in [9.17, 15) is 13.2 Å². The number of carbonyl (C=O) groups excluding carboxylic acids is 1. The summed E-state index contributed by atoms with van der Waals surface area (Å²) in [4.78, 5) is 12.3. The Morgan fingerprint density at radius 1 is 1.19 bits per heavy atom. The molecule has 0 spiro atoms. The average molecular weight is 376 g/mol. The van der Waals surface area contributed by atoms with E-state index in [1.54, 1.807) is 25.1 Å². The molecule has 2 aromatic rings. The molecular formula is C18H24N4O3S. The smallest absolute Gasteiger partial charge is 0.248 e. The third-order valence-electron chi connectivity index (χ3n) is 3.90. The molecule has 1 aromatic carbocycles. The van der Waals surface area contributed by atoms with E-state index in [1.807, 2.05) is 25.5 Å². The van der Waals surface area contributed by atoms with Gasteiger partial charge in [-0.15, -0.1) is 0 Å². The zero-order chi connectivity index (χ0) is 19.3. The van der Waals surface area contributed by atoms with Gasteiger partial charge in [0.15, 0.2) is 0 Å². The second kappa shape index (κ2) is 8.29. The fourth-order valence-corrected chi connectivity index (χ4v) is 3.63. The van der Waals surface area contributed by atoms with Crippen LogP contribution in [0, 0.1) is 13.8 Å². The van der Waals surface area contributed by atoms with Crippen molar-refractivity contribution in [2.45, 2.75) is 39.1 Å². The van der Waals surface area contributed by atoms with Crippen LogP contribution in [0.3, 0.4) is 0 Å². The van der Waals surface area contributed by atoms with Crippen LogP contribution in [0.25, 0.3) is 6.08 Å². The first-order valence-corrected chi connectivity index (χ1v) is 9.89. The Balaban J connectivity index is 2.08. The topological polar surface area (TPSA) is 93.1 Å². The summed E-state index contributed by atoms with van der Waals surface area (Å²) < 4.78 is 28.1. The Labute approximate surface area is 154 Å². The highest BCUT2D eigenvalue weighted by Gasteiger charge is 2.12. The lowest BCUT2D eigenvalue weighted by Crippen LogP contribution is -2.23. The predicted octanol–water partition coefficient (Wildman–Crippen LogP) is 2.47. The summed E-state index contributed by atoms with van der Waals surface area (Å²) in [7, 11) is -3.50. The molecule has 1 heterocycles. The fraction of sp³-hybridized carbons (Fsp3) is 0.333. The summed E-state index contributed by atoms with van der Waals surface area (Å²) >= 11 is 0. The predicted molar refractivity (Wildman–Crippen MR) is 102 cm³/mol. The summed E-state index contributed by atoms with van der Waals surface area (Å²) in [6.07, 6.45) is 3.18. The van der Waals surface area contributed by atoms with Crippen LogP contribution in [0.4, 0.5) is 5.69 Å². The molecule has 2 rings (SSSR count). The number of nitrogens with zero attached hydrogens (tertiary/aromatic N) is 2. The third kappa shape index (κ3) is 4.59. The van der Waals surface area contributed by atoms with Crippen molar-refractivity contribution in [3.63, 3.8) is 0 Å². The molecule has 0 aliphatic carbocycles. The van der Waals surface area contributed by atoms with Crippen molar-refractivity contribution in [3.05, 3.63) is 47.3 Å². The molecule has 0 saturated carbocycles. The van der Waals surface area contributed by atoms with Gasteiger partial charge in [-0.3, -0.25) is 9.48 Å². The van der Waals surface area contributed by atoms with Crippen LogP contribution in [0.1, 0.15) is 30.8 Å². The van der Waals surface area contributed by atoms with Gasteiger partial charge in [0.05, 0.1) is 10.6 Å². The summed E-state index contributed by atoms with van der Waals surface area (Å²) in [5, 5.41) is 7.12. The summed E-state index contributed by atoms with van der Waals surface area (Å²) in [6.45, 7) is 8.68. The van der Waals surface area contributed by atoms with Crippen molar-refractivity contribution in [1.82, 2.24) is 14.5 Å². The van der Waals surface area contributed by atoms with Gasteiger partial charge in [0.25, 0.3) is 0 Å². The van der Waals surface area contributed by atoms with Gasteiger partial charge in [0, 0.05) is 36.1 Å². The Morgan fingerprint density at radius 2 is 1.85 bits per heavy atom. The number of sulfonamides is 1. The van der Waals surface area contributed by atoms with Gasteiger partial charge in [-0.2, -0.15) is 5.10 Å². The third-order valence-corrected chi connectivity index (χ3v) is 5.47. The van der Waals surface area contributed by atoms with Crippen LogP contribution < -0.4 is 10.0 Å². The van der Waals surface area contributed by atoms with Crippen LogP contribution >= 0.6 is 0 Å². The largest absolute Gasteiger partial charge is 0.323 e. The highest BCUT2D eigenvalue weighted by molar-refractivity contribution is 7.89. The van der Waals surface area contributed by atoms with E-state index in [4.69, 9.17) is 0 Å². The van der Waals surface area contributed by atoms with Gasteiger partial charge in [-0.25, -0.2) is 13.1 Å². The molecule has 0 bridgehead atoms. The molecule has 8 heteroatoms. The molecule has 0 aliphatic heterocycles. The molecule has 0 atom stereocenters. The molecule has 0 unspecified atom stereocenters. The summed E-state index contributed by atoms with van der Waals surface area (Å²) in [5.74, 6) is -0.296. The van der Waals surface area contributed by atoms with Crippen LogP contribution in [-0.4, -0.2) is 30.7 Å². The molecule has 2 N–H and O–H groups in total. The van der Waals surface area contributed by atoms with Crippen molar-refractivity contribution >= 4 is 27.7 Å². The van der Waals surface area contributed by atoms with Crippen molar-refractivity contribution in [1.29, 1.82) is 0 Å². The maximum Gasteiger partial charge on any atom is 0.248 e. The molecule has 26 heavy (non-hydrogen) atoms. The highest BCUT2D eigenvalue weighted by Crippen LogP contribution is 2.16.